The number of nitrogens with zero attached hydrogens (tertiary/aromatic N) is 1. The van der Waals surface area contributed by atoms with Crippen molar-refractivity contribution in [3.63, 3.8) is 0 Å². The number of rotatable bonds is 6. The fraction of sp³-hybridized carbons (Fsp3) is 1.00. The van der Waals surface area contributed by atoms with Crippen molar-refractivity contribution in [2.75, 3.05) is 46.0 Å². The molecule has 4 nitrogen and oxygen atoms in total. The Balaban J connectivity index is 2.16. The van der Waals surface area contributed by atoms with E-state index in [1.54, 1.807) is 0 Å². The molecule has 0 aromatic rings. The van der Waals surface area contributed by atoms with Crippen molar-refractivity contribution in [2.45, 2.75) is 19.4 Å². The highest BCUT2D eigenvalue weighted by Gasteiger charge is 2.15. The summed E-state index contributed by atoms with van der Waals surface area (Å²) < 4.78 is 5.27. The van der Waals surface area contributed by atoms with Gasteiger partial charge in [0.25, 0.3) is 0 Å². The Morgan fingerprint density at radius 2 is 2.14 bits per heavy atom. The van der Waals surface area contributed by atoms with Crippen LogP contribution in [0.5, 0.6) is 0 Å². The van der Waals surface area contributed by atoms with E-state index in [2.05, 4.69) is 17.1 Å². The van der Waals surface area contributed by atoms with Crippen LogP contribution in [-0.2, 0) is 4.74 Å². The van der Waals surface area contributed by atoms with Crippen LogP contribution in [-0.4, -0.2) is 62.0 Å². The van der Waals surface area contributed by atoms with Gasteiger partial charge in [-0.3, -0.25) is 4.90 Å². The lowest BCUT2D eigenvalue weighted by Crippen LogP contribution is -2.47. The molecule has 1 fully saturated rings. The fourth-order valence-electron chi connectivity index (χ4n) is 1.63. The van der Waals surface area contributed by atoms with Gasteiger partial charge in [0.15, 0.2) is 0 Å². The lowest BCUT2D eigenvalue weighted by molar-refractivity contribution is 0.0299. The highest BCUT2D eigenvalue weighted by Crippen LogP contribution is 1.98. The minimum atomic E-state index is 0.216. The quantitative estimate of drug-likeness (QED) is 0.619. The van der Waals surface area contributed by atoms with Gasteiger partial charge in [0.2, 0.25) is 0 Å². The van der Waals surface area contributed by atoms with Crippen molar-refractivity contribution in [1.29, 1.82) is 0 Å². The van der Waals surface area contributed by atoms with Gasteiger partial charge in [0, 0.05) is 25.7 Å². The minimum absolute atomic E-state index is 0.216. The van der Waals surface area contributed by atoms with Gasteiger partial charge in [0.05, 0.1) is 19.8 Å². The van der Waals surface area contributed by atoms with Crippen LogP contribution in [0.4, 0.5) is 0 Å². The van der Waals surface area contributed by atoms with Crippen LogP contribution in [0.25, 0.3) is 0 Å². The minimum Gasteiger partial charge on any atom is -0.395 e. The first-order valence-corrected chi connectivity index (χ1v) is 5.51. The molecule has 1 aliphatic rings. The first kappa shape index (κ1) is 11.9. The Morgan fingerprint density at radius 1 is 1.43 bits per heavy atom. The highest BCUT2D eigenvalue weighted by atomic mass is 16.5. The van der Waals surface area contributed by atoms with Crippen molar-refractivity contribution < 1.29 is 9.84 Å². The van der Waals surface area contributed by atoms with Crippen molar-refractivity contribution in [3.05, 3.63) is 0 Å². The Bertz CT molecular complexity index is 138. The topological polar surface area (TPSA) is 44.7 Å². The van der Waals surface area contributed by atoms with Gasteiger partial charge in [-0.25, -0.2) is 0 Å². The average molecular weight is 202 g/mol. The van der Waals surface area contributed by atoms with Crippen molar-refractivity contribution in [3.8, 4) is 0 Å². The first-order valence-electron chi connectivity index (χ1n) is 5.51. The van der Waals surface area contributed by atoms with Crippen LogP contribution < -0.4 is 5.32 Å². The molecule has 4 heteroatoms. The van der Waals surface area contributed by atoms with Crippen LogP contribution in [0.15, 0.2) is 0 Å². The third kappa shape index (κ3) is 4.37. The smallest absolute Gasteiger partial charge is 0.0597 e. The number of hydrogen-bond acceptors (Lipinski definition) is 4. The summed E-state index contributed by atoms with van der Waals surface area (Å²) in [4.78, 5) is 2.34. The molecule has 0 spiro atoms. The summed E-state index contributed by atoms with van der Waals surface area (Å²) >= 11 is 0. The zero-order valence-corrected chi connectivity index (χ0v) is 9.04. The van der Waals surface area contributed by atoms with Gasteiger partial charge >= 0.3 is 0 Å². The molecule has 1 rings (SSSR count). The van der Waals surface area contributed by atoms with Gasteiger partial charge in [0.1, 0.15) is 0 Å². The van der Waals surface area contributed by atoms with Crippen LogP contribution in [0.1, 0.15) is 13.3 Å². The molecule has 1 aliphatic heterocycles. The second-order valence-electron chi connectivity index (χ2n) is 3.75. The number of nitrogens with one attached hydrogen (secondary N) is 1. The van der Waals surface area contributed by atoms with E-state index in [0.717, 1.165) is 45.8 Å². The molecule has 1 atom stereocenters. The van der Waals surface area contributed by atoms with E-state index in [1.807, 2.05) is 0 Å². The Morgan fingerprint density at radius 3 is 2.71 bits per heavy atom. The Labute approximate surface area is 86.2 Å². The third-order valence-electron chi connectivity index (χ3n) is 2.49. The summed E-state index contributed by atoms with van der Waals surface area (Å²) in [5.41, 5.74) is 0. The van der Waals surface area contributed by atoms with E-state index in [1.165, 1.54) is 0 Å². The highest BCUT2D eigenvalue weighted by molar-refractivity contribution is 4.72. The zero-order valence-electron chi connectivity index (χ0n) is 9.04. The van der Waals surface area contributed by atoms with Gasteiger partial charge in [-0.2, -0.15) is 0 Å². The second-order valence-corrected chi connectivity index (χ2v) is 3.75. The molecule has 2 N–H and O–H groups in total. The molecule has 0 aliphatic carbocycles. The van der Waals surface area contributed by atoms with E-state index in [0.29, 0.717) is 0 Å². The third-order valence-corrected chi connectivity index (χ3v) is 2.49. The molecule has 0 bridgehead atoms. The van der Waals surface area contributed by atoms with Crippen LogP contribution in [0.3, 0.4) is 0 Å². The summed E-state index contributed by atoms with van der Waals surface area (Å²) in [5, 5.41) is 12.5. The molecular formula is C10H22N2O2. The maximum absolute atomic E-state index is 9.16. The average Bonchev–Trinajstić information content (AvgIpc) is 2.25. The standard InChI is InChI=1S/C10H22N2O2/c1-2-3-11-10(9-13)8-12-4-6-14-7-5-12/h10-11,13H,2-9H2,1H3. The monoisotopic (exact) mass is 202 g/mol. The molecule has 0 aromatic carbocycles. The number of hydrogen-bond donors (Lipinski definition) is 2. The van der Waals surface area contributed by atoms with E-state index in [-0.39, 0.29) is 12.6 Å². The predicted molar refractivity (Wildman–Crippen MR) is 56.4 cm³/mol. The van der Waals surface area contributed by atoms with Gasteiger partial charge in [-0.05, 0) is 13.0 Å². The number of aliphatic hydroxyl groups is 1. The maximum atomic E-state index is 9.16. The second kappa shape index (κ2) is 7.17. The molecule has 0 amide bonds. The lowest BCUT2D eigenvalue weighted by atomic mass is 10.2. The SMILES string of the molecule is CCCNC(CO)CN1CCOCC1. The predicted octanol–water partition coefficient (Wildman–Crippen LogP) is -0.321. The molecule has 1 saturated heterocycles. The first-order chi connectivity index (χ1) is 6.86. The summed E-state index contributed by atoms with van der Waals surface area (Å²) in [6, 6.07) is 0.216. The van der Waals surface area contributed by atoms with E-state index in [9.17, 15) is 0 Å². The van der Waals surface area contributed by atoms with E-state index < -0.39 is 0 Å². The van der Waals surface area contributed by atoms with Crippen molar-refractivity contribution >= 4 is 0 Å². The molecule has 0 aromatic heterocycles. The molecular weight excluding hydrogens is 180 g/mol. The van der Waals surface area contributed by atoms with Crippen LogP contribution in [0.2, 0.25) is 0 Å². The molecule has 84 valence electrons. The summed E-state index contributed by atoms with van der Waals surface area (Å²) in [6.45, 7) is 7.90. The van der Waals surface area contributed by atoms with E-state index >= 15 is 0 Å². The summed E-state index contributed by atoms with van der Waals surface area (Å²) in [6.07, 6.45) is 1.11. The Kier molecular flexibility index (Phi) is 6.10. The molecule has 0 saturated carbocycles. The normalized spacial score (nSPS) is 21.0. The maximum Gasteiger partial charge on any atom is 0.0597 e. The molecule has 14 heavy (non-hydrogen) atoms. The van der Waals surface area contributed by atoms with E-state index in [4.69, 9.17) is 9.84 Å². The van der Waals surface area contributed by atoms with Gasteiger partial charge in [-0.15, -0.1) is 0 Å². The number of morpholine rings is 1. The van der Waals surface area contributed by atoms with Crippen molar-refractivity contribution in [2.24, 2.45) is 0 Å². The van der Waals surface area contributed by atoms with Crippen LogP contribution >= 0.6 is 0 Å². The lowest BCUT2D eigenvalue weighted by Gasteiger charge is -2.30. The van der Waals surface area contributed by atoms with Gasteiger partial charge in [-0.1, -0.05) is 6.92 Å². The molecule has 1 unspecified atom stereocenters. The largest absolute Gasteiger partial charge is 0.395 e. The number of aliphatic hydroxyl groups excluding tert-OH is 1. The summed E-state index contributed by atoms with van der Waals surface area (Å²) in [5.74, 6) is 0. The van der Waals surface area contributed by atoms with Gasteiger partial charge < -0.3 is 15.2 Å². The summed E-state index contributed by atoms with van der Waals surface area (Å²) in [7, 11) is 0. The molecule has 1 heterocycles. The van der Waals surface area contributed by atoms with Crippen molar-refractivity contribution in [1.82, 2.24) is 10.2 Å². The molecule has 0 radical (unpaired) electrons. The number of ether oxygens (including phenoxy) is 1. The zero-order chi connectivity index (χ0) is 10.2. The Hall–Kier alpha value is -0.160. The van der Waals surface area contributed by atoms with Crippen LogP contribution in [0, 0.1) is 0 Å². The fourth-order valence-corrected chi connectivity index (χ4v) is 1.63.